The van der Waals surface area contributed by atoms with Crippen molar-refractivity contribution >= 4 is 38.9 Å². The molecule has 0 bridgehead atoms. The number of benzene rings is 2. The Labute approximate surface area is 206 Å². The molecule has 9 heteroatoms. The lowest BCUT2D eigenvalue weighted by Crippen LogP contribution is -2.41. The summed E-state index contributed by atoms with van der Waals surface area (Å²) in [6.07, 6.45) is 1.43. The number of sulfonamides is 1. The molecule has 1 heterocycles. The zero-order valence-electron chi connectivity index (χ0n) is 19.9. The standard InChI is InChI=1S/C25H30ClN3O4S/c1-17(2)18(3)29(34(31,32)22-9-6-8-20(26)15-22)16-19-14-21(11-12-23(19)28(4)5)27-25(30)24-10-7-13-33-24/h6-15,17-18H,16H2,1-5H3,(H,27,30)/t18-/m0/s1. The summed E-state index contributed by atoms with van der Waals surface area (Å²) >= 11 is 6.10. The van der Waals surface area contributed by atoms with Gasteiger partial charge in [-0.1, -0.05) is 31.5 Å². The van der Waals surface area contributed by atoms with Gasteiger partial charge in [-0.15, -0.1) is 0 Å². The molecule has 0 saturated carbocycles. The second-order valence-electron chi connectivity index (χ2n) is 8.66. The van der Waals surface area contributed by atoms with E-state index in [1.165, 1.54) is 16.6 Å². The number of rotatable bonds is 9. The maximum atomic E-state index is 13.7. The molecule has 0 spiro atoms. The monoisotopic (exact) mass is 503 g/mol. The highest BCUT2D eigenvalue weighted by Crippen LogP contribution is 2.30. The van der Waals surface area contributed by atoms with Crippen LogP contribution in [0.4, 0.5) is 11.4 Å². The van der Waals surface area contributed by atoms with E-state index in [0.717, 1.165) is 11.3 Å². The van der Waals surface area contributed by atoms with Crippen molar-refractivity contribution in [1.82, 2.24) is 4.31 Å². The molecule has 0 aliphatic heterocycles. The lowest BCUT2D eigenvalue weighted by atomic mass is 10.1. The number of halogens is 1. The Hall–Kier alpha value is -2.81. The van der Waals surface area contributed by atoms with Gasteiger partial charge in [0.1, 0.15) is 0 Å². The Morgan fingerprint density at radius 3 is 2.38 bits per heavy atom. The Morgan fingerprint density at radius 2 is 1.79 bits per heavy atom. The maximum absolute atomic E-state index is 13.7. The van der Waals surface area contributed by atoms with Crippen molar-refractivity contribution in [1.29, 1.82) is 0 Å². The summed E-state index contributed by atoms with van der Waals surface area (Å²) in [7, 11) is -0.0708. The third kappa shape index (κ3) is 5.81. The first-order chi connectivity index (χ1) is 16.0. The fourth-order valence-corrected chi connectivity index (χ4v) is 5.58. The van der Waals surface area contributed by atoms with Crippen molar-refractivity contribution in [3.63, 3.8) is 0 Å². The number of anilines is 2. The van der Waals surface area contributed by atoms with Gasteiger partial charge >= 0.3 is 0 Å². The van der Waals surface area contributed by atoms with Crippen LogP contribution >= 0.6 is 11.6 Å². The minimum absolute atomic E-state index is 0.0682. The molecule has 3 rings (SSSR count). The number of carbonyl (C=O) groups is 1. The van der Waals surface area contributed by atoms with Crippen LogP contribution in [0.1, 0.15) is 36.9 Å². The van der Waals surface area contributed by atoms with E-state index in [9.17, 15) is 13.2 Å². The first-order valence-electron chi connectivity index (χ1n) is 10.9. The molecular weight excluding hydrogens is 474 g/mol. The van der Waals surface area contributed by atoms with Crippen LogP contribution in [0.5, 0.6) is 0 Å². The Morgan fingerprint density at radius 1 is 1.06 bits per heavy atom. The van der Waals surface area contributed by atoms with Gasteiger partial charge in [0.05, 0.1) is 11.2 Å². The van der Waals surface area contributed by atoms with Crippen molar-refractivity contribution in [3.8, 4) is 0 Å². The average Bonchev–Trinajstić information content (AvgIpc) is 3.32. The second kappa shape index (κ2) is 10.6. The van der Waals surface area contributed by atoms with Gasteiger partial charge in [0.15, 0.2) is 5.76 Å². The van der Waals surface area contributed by atoms with Gasteiger partial charge in [-0.2, -0.15) is 4.31 Å². The van der Waals surface area contributed by atoms with Crippen LogP contribution in [0.2, 0.25) is 5.02 Å². The lowest BCUT2D eigenvalue weighted by molar-refractivity contribution is 0.0996. The van der Waals surface area contributed by atoms with Gasteiger partial charge in [0.2, 0.25) is 10.0 Å². The number of carbonyl (C=O) groups excluding carboxylic acids is 1. The van der Waals surface area contributed by atoms with Crippen LogP contribution in [0.25, 0.3) is 0 Å². The summed E-state index contributed by atoms with van der Waals surface area (Å²) < 4.78 is 34.1. The molecule has 34 heavy (non-hydrogen) atoms. The van der Waals surface area contributed by atoms with Crippen molar-refractivity contribution < 1.29 is 17.6 Å². The average molecular weight is 504 g/mol. The van der Waals surface area contributed by atoms with Crippen molar-refractivity contribution in [2.75, 3.05) is 24.3 Å². The molecule has 0 unspecified atom stereocenters. The van der Waals surface area contributed by atoms with E-state index >= 15 is 0 Å². The quantitative estimate of drug-likeness (QED) is 0.417. The minimum atomic E-state index is -3.85. The molecule has 1 N–H and O–H groups in total. The van der Waals surface area contributed by atoms with E-state index in [4.69, 9.17) is 16.0 Å². The van der Waals surface area contributed by atoms with Crippen LogP contribution in [0, 0.1) is 5.92 Å². The molecule has 0 radical (unpaired) electrons. The fourth-order valence-electron chi connectivity index (χ4n) is 3.54. The lowest BCUT2D eigenvalue weighted by Gasteiger charge is -2.32. The molecule has 0 aliphatic rings. The van der Waals surface area contributed by atoms with E-state index in [1.807, 2.05) is 45.8 Å². The summed E-state index contributed by atoms with van der Waals surface area (Å²) in [5.41, 5.74) is 2.14. The number of hydrogen-bond donors (Lipinski definition) is 1. The number of nitrogens with zero attached hydrogens (tertiary/aromatic N) is 2. The molecule has 7 nitrogen and oxygen atoms in total. The predicted molar refractivity (Wildman–Crippen MR) is 136 cm³/mol. The van der Waals surface area contributed by atoms with Crippen molar-refractivity contribution in [3.05, 3.63) is 77.2 Å². The highest BCUT2D eigenvalue weighted by molar-refractivity contribution is 7.89. The molecule has 0 aliphatic carbocycles. The number of amides is 1. The topological polar surface area (TPSA) is 82.9 Å². The number of nitrogens with one attached hydrogen (secondary N) is 1. The highest BCUT2D eigenvalue weighted by atomic mass is 35.5. The molecule has 3 aromatic rings. The second-order valence-corrected chi connectivity index (χ2v) is 11.0. The summed E-state index contributed by atoms with van der Waals surface area (Å²) in [5, 5.41) is 3.17. The normalized spacial score (nSPS) is 12.7. The van der Waals surface area contributed by atoms with Gasteiger partial charge in [-0.3, -0.25) is 4.79 Å². The largest absolute Gasteiger partial charge is 0.459 e. The van der Waals surface area contributed by atoms with Crippen molar-refractivity contribution in [2.24, 2.45) is 5.92 Å². The van der Waals surface area contributed by atoms with E-state index in [0.29, 0.717) is 10.7 Å². The van der Waals surface area contributed by atoms with Crippen molar-refractivity contribution in [2.45, 2.75) is 38.3 Å². The molecule has 182 valence electrons. The fraction of sp³-hybridized carbons (Fsp3) is 0.320. The number of hydrogen-bond acceptors (Lipinski definition) is 5. The third-order valence-corrected chi connectivity index (χ3v) is 7.88. The zero-order valence-corrected chi connectivity index (χ0v) is 21.5. The Balaban J connectivity index is 2.02. The summed E-state index contributed by atoms with van der Waals surface area (Å²) in [6, 6.07) is 14.6. The first kappa shape index (κ1) is 25.8. The Bertz CT molecular complexity index is 1240. The van der Waals surface area contributed by atoms with Crippen LogP contribution in [0.3, 0.4) is 0 Å². The van der Waals surface area contributed by atoms with Gasteiger partial charge in [0.25, 0.3) is 5.91 Å². The molecule has 1 atom stereocenters. The van der Waals surface area contributed by atoms with E-state index in [2.05, 4.69) is 5.32 Å². The van der Waals surface area contributed by atoms with Gasteiger partial charge < -0.3 is 14.6 Å². The molecule has 1 aromatic heterocycles. The van der Waals surface area contributed by atoms with E-state index in [-0.39, 0.29) is 35.1 Å². The number of furan rings is 1. The maximum Gasteiger partial charge on any atom is 0.291 e. The van der Waals surface area contributed by atoms with E-state index < -0.39 is 10.0 Å². The molecule has 1 amide bonds. The van der Waals surface area contributed by atoms with Gasteiger partial charge in [-0.05, 0) is 66.9 Å². The van der Waals surface area contributed by atoms with E-state index in [1.54, 1.807) is 42.5 Å². The zero-order chi connectivity index (χ0) is 25.0. The Kier molecular flexibility index (Phi) is 8.07. The minimum Gasteiger partial charge on any atom is -0.459 e. The predicted octanol–water partition coefficient (Wildman–Crippen LogP) is 5.49. The van der Waals surface area contributed by atoms with Crippen LogP contribution in [0.15, 0.2) is 70.2 Å². The smallest absolute Gasteiger partial charge is 0.291 e. The molecular formula is C25H30ClN3O4S. The van der Waals surface area contributed by atoms with Crippen LogP contribution in [-0.4, -0.2) is 38.8 Å². The van der Waals surface area contributed by atoms with Crippen LogP contribution < -0.4 is 10.2 Å². The summed E-state index contributed by atoms with van der Waals surface area (Å²) in [5.74, 6) is -0.122. The van der Waals surface area contributed by atoms with Gasteiger partial charge in [-0.25, -0.2) is 8.42 Å². The molecule has 0 fully saturated rings. The summed E-state index contributed by atoms with van der Waals surface area (Å²) in [6.45, 7) is 5.98. The molecule has 0 saturated heterocycles. The third-order valence-electron chi connectivity index (χ3n) is 5.71. The molecule has 2 aromatic carbocycles. The highest BCUT2D eigenvalue weighted by Gasteiger charge is 2.32. The first-order valence-corrected chi connectivity index (χ1v) is 12.7. The van der Waals surface area contributed by atoms with Crippen LogP contribution in [-0.2, 0) is 16.6 Å². The SMILES string of the molecule is CC(C)[C@H](C)N(Cc1cc(NC(=O)c2ccco2)ccc1N(C)C)S(=O)(=O)c1cccc(Cl)c1. The summed E-state index contributed by atoms with van der Waals surface area (Å²) in [4.78, 5) is 14.5. The van der Waals surface area contributed by atoms with Gasteiger partial charge in [0, 0.05) is 43.1 Å².